The van der Waals surface area contributed by atoms with Crippen molar-refractivity contribution in [1.82, 2.24) is 4.98 Å². The number of hydrogen-bond donors (Lipinski definition) is 0. The summed E-state index contributed by atoms with van der Waals surface area (Å²) in [6.07, 6.45) is 1.39. The molecule has 0 atom stereocenters. The molecule has 0 unspecified atom stereocenters. The minimum atomic E-state index is 0.507. The van der Waals surface area contributed by atoms with Crippen molar-refractivity contribution in [2.75, 3.05) is 35.5 Å². The lowest BCUT2D eigenvalue weighted by atomic mass is 10.0. The Morgan fingerprint density at radius 2 is 1.26 bits per heavy atom. The molecule has 7 nitrogen and oxygen atoms in total. The van der Waals surface area contributed by atoms with E-state index in [9.17, 15) is 0 Å². The number of rotatable bonds is 7. The van der Waals surface area contributed by atoms with E-state index in [2.05, 4.69) is 4.98 Å². The molecule has 7 heteroatoms. The normalized spacial score (nSPS) is 10.4. The Morgan fingerprint density at radius 1 is 0.667 bits per heavy atom. The fraction of sp³-hybridized carbons (Fsp3) is 0.250. The highest BCUT2D eigenvalue weighted by molar-refractivity contribution is 5.80. The van der Waals surface area contributed by atoms with Crippen molar-refractivity contribution in [3.05, 3.63) is 36.7 Å². The lowest BCUT2D eigenvalue weighted by molar-refractivity contribution is 0.324. The maximum Gasteiger partial charge on any atom is 0.203 e. The first-order valence-corrected chi connectivity index (χ1v) is 8.12. The van der Waals surface area contributed by atoms with Crippen LogP contribution in [0.1, 0.15) is 0 Å². The van der Waals surface area contributed by atoms with Gasteiger partial charge in [0, 0.05) is 17.2 Å². The van der Waals surface area contributed by atoms with Crippen LogP contribution in [0.4, 0.5) is 0 Å². The van der Waals surface area contributed by atoms with Crippen molar-refractivity contribution in [3.63, 3.8) is 0 Å². The fourth-order valence-corrected chi connectivity index (χ4v) is 2.81. The molecule has 0 N–H and O–H groups in total. The van der Waals surface area contributed by atoms with Gasteiger partial charge in [0.05, 0.1) is 35.5 Å². The monoisotopic (exact) mass is 371 g/mol. The average molecular weight is 371 g/mol. The predicted molar refractivity (Wildman–Crippen MR) is 100 cm³/mol. The van der Waals surface area contributed by atoms with Gasteiger partial charge in [-0.1, -0.05) is 0 Å². The van der Waals surface area contributed by atoms with E-state index in [1.165, 1.54) is 6.39 Å². The van der Waals surface area contributed by atoms with Gasteiger partial charge in [-0.2, -0.15) is 0 Å². The number of nitrogens with zero attached hydrogens (tertiary/aromatic N) is 1. The maximum atomic E-state index is 5.68. The summed E-state index contributed by atoms with van der Waals surface area (Å²) in [5.41, 5.74) is 2.17. The minimum absolute atomic E-state index is 0.507. The van der Waals surface area contributed by atoms with Gasteiger partial charge in [-0.05, 0) is 24.3 Å². The first-order valence-electron chi connectivity index (χ1n) is 8.12. The quantitative estimate of drug-likeness (QED) is 0.620. The molecule has 0 saturated carbocycles. The van der Waals surface area contributed by atoms with Crippen LogP contribution in [0.5, 0.6) is 28.7 Å². The second kappa shape index (κ2) is 7.90. The summed E-state index contributed by atoms with van der Waals surface area (Å²) < 4.78 is 32.6. The summed E-state index contributed by atoms with van der Waals surface area (Å²) in [4.78, 5) is 4.38. The molecule has 0 saturated heterocycles. The van der Waals surface area contributed by atoms with E-state index in [4.69, 9.17) is 28.1 Å². The van der Waals surface area contributed by atoms with Crippen molar-refractivity contribution in [3.8, 4) is 51.3 Å². The first kappa shape index (κ1) is 18.4. The van der Waals surface area contributed by atoms with Crippen molar-refractivity contribution in [2.24, 2.45) is 0 Å². The van der Waals surface area contributed by atoms with E-state index >= 15 is 0 Å². The van der Waals surface area contributed by atoms with E-state index in [1.807, 2.05) is 24.3 Å². The summed E-state index contributed by atoms with van der Waals surface area (Å²) in [6.45, 7) is 0. The molecule has 0 amide bonds. The highest BCUT2D eigenvalue weighted by Crippen LogP contribution is 2.43. The van der Waals surface area contributed by atoms with E-state index in [-0.39, 0.29) is 0 Å². The summed E-state index contributed by atoms with van der Waals surface area (Å²) >= 11 is 0. The third-order valence-electron chi connectivity index (χ3n) is 4.12. The van der Waals surface area contributed by atoms with Crippen LogP contribution in [0.25, 0.3) is 22.6 Å². The molecule has 0 aliphatic rings. The Kier molecular flexibility index (Phi) is 5.40. The molecule has 1 aromatic heterocycles. The minimum Gasteiger partial charge on any atom is -0.497 e. The van der Waals surface area contributed by atoms with Gasteiger partial charge < -0.3 is 28.1 Å². The zero-order chi connectivity index (χ0) is 19.4. The molecule has 0 spiro atoms. The molecule has 0 radical (unpaired) electrons. The smallest absolute Gasteiger partial charge is 0.203 e. The molecule has 3 aromatic rings. The van der Waals surface area contributed by atoms with Gasteiger partial charge in [0.2, 0.25) is 5.75 Å². The molecule has 1 heterocycles. The maximum absolute atomic E-state index is 5.68. The Bertz CT molecular complexity index is 887. The molecular formula is C20H21NO6. The second-order valence-corrected chi connectivity index (χ2v) is 5.55. The van der Waals surface area contributed by atoms with Crippen LogP contribution in [-0.2, 0) is 0 Å². The zero-order valence-electron chi connectivity index (χ0n) is 15.9. The number of oxazole rings is 1. The molecule has 2 aromatic carbocycles. The third-order valence-corrected chi connectivity index (χ3v) is 4.12. The molecule has 142 valence electrons. The first-order chi connectivity index (χ1) is 13.1. The number of hydrogen-bond acceptors (Lipinski definition) is 7. The van der Waals surface area contributed by atoms with Crippen molar-refractivity contribution in [1.29, 1.82) is 0 Å². The molecule has 0 aliphatic heterocycles. The van der Waals surface area contributed by atoms with E-state index < -0.39 is 0 Å². The molecule has 0 aliphatic carbocycles. The summed E-state index contributed by atoms with van der Waals surface area (Å²) in [5.74, 6) is 3.43. The number of ether oxygens (including phenoxy) is 5. The van der Waals surface area contributed by atoms with Gasteiger partial charge in [-0.3, -0.25) is 0 Å². The van der Waals surface area contributed by atoms with Crippen LogP contribution in [-0.4, -0.2) is 40.5 Å². The van der Waals surface area contributed by atoms with Gasteiger partial charge in [0.25, 0.3) is 0 Å². The topological polar surface area (TPSA) is 72.2 Å². The van der Waals surface area contributed by atoms with Gasteiger partial charge >= 0.3 is 0 Å². The Morgan fingerprint density at radius 3 is 1.74 bits per heavy atom. The summed E-state index contributed by atoms with van der Waals surface area (Å²) in [6, 6.07) is 9.14. The fourth-order valence-electron chi connectivity index (χ4n) is 2.81. The predicted octanol–water partition coefficient (Wildman–Crippen LogP) is 4.05. The molecule has 3 rings (SSSR count). The Hall–Kier alpha value is -3.35. The largest absolute Gasteiger partial charge is 0.497 e. The van der Waals surface area contributed by atoms with Crippen LogP contribution < -0.4 is 23.7 Å². The number of aromatic nitrogens is 1. The SMILES string of the molecule is COc1cc(OC)cc(-c2ncoc2-c2cc(OC)c(OC)c(OC)c2)c1. The Labute approximate surface area is 157 Å². The molecule has 0 bridgehead atoms. The van der Waals surface area contributed by atoms with E-state index in [1.54, 1.807) is 41.6 Å². The van der Waals surface area contributed by atoms with Crippen LogP contribution in [0, 0.1) is 0 Å². The average Bonchev–Trinajstić information content (AvgIpc) is 3.22. The van der Waals surface area contributed by atoms with Crippen LogP contribution in [0.15, 0.2) is 41.1 Å². The lowest BCUT2D eigenvalue weighted by Gasteiger charge is -2.14. The standard InChI is InChI=1S/C20H21NO6/c1-22-14-6-12(7-15(10-14)23-2)18-19(27-11-21-18)13-8-16(24-3)20(26-5)17(9-13)25-4/h6-11H,1-5H3. The lowest BCUT2D eigenvalue weighted by Crippen LogP contribution is -1.96. The van der Waals surface area contributed by atoms with Gasteiger partial charge in [0.15, 0.2) is 23.7 Å². The Balaban J connectivity index is 2.16. The van der Waals surface area contributed by atoms with Gasteiger partial charge in [-0.15, -0.1) is 0 Å². The zero-order valence-corrected chi connectivity index (χ0v) is 15.9. The molecule has 27 heavy (non-hydrogen) atoms. The molecule has 0 fully saturated rings. The highest BCUT2D eigenvalue weighted by atomic mass is 16.5. The van der Waals surface area contributed by atoms with Gasteiger partial charge in [-0.25, -0.2) is 4.98 Å². The number of methoxy groups -OCH3 is 5. The second-order valence-electron chi connectivity index (χ2n) is 5.55. The van der Waals surface area contributed by atoms with Crippen LogP contribution in [0.3, 0.4) is 0 Å². The van der Waals surface area contributed by atoms with Crippen molar-refractivity contribution in [2.45, 2.75) is 0 Å². The summed E-state index contributed by atoms with van der Waals surface area (Å²) in [7, 11) is 7.88. The van der Waals surface area contributed by atoms with E-state index in [0.29, 0.717) is 40.2 Å². The molecular weight excluding hydrogens is 350 g/mol. The van der Waals surface area contributed by atoms with Crippen LogP contribution >= 0.6 is 0 Å². The van der Waals surface area contributed by atoms with Gasteiger partial charge in [0.1, 0.15) is 17.2 Å². The van der Waals surface area contributed by atoms with Crippen LogP contribution in [0.2, 0.25) is 0 Å². The third kappa shape index (κ3) is 3.48. The van der Waals surface area contributed by atoms with Crippen molar-refractivity contribution < 1.29 is 28.1 Å². The highest BCUT2D eigenvalue weighted by Gasteiger charge is 2.20. The van der Waals surface area contributed by atoms with Crippen molar-refractivity contribution >= 4 is 0 Å². The van der Waals surface area contributed by atoms with E-state index in [0.717, 1.165) is 11.1 Å². The summed E-state index contributed by atoms with van der Waals surface area (Å²) in [5, 5.41) is 0. The number of benzene rings is 2.